The Balaban J connectivity index is 2.14. The molecule has 104 valence electrons. The van der Waals surface area contributed by atoms with Crippen molar-refractivity contribution in [2.75, 3.05) is 13.1 Å². The molecule has 18 heavy (non-hydrogen) atoms. The third-order valence-corrected chi connectivity index (χ3v) is 3.18. The molecule has 1 aliphatic heterocycles. The smallest absolute Gasteiger partial charge is 0.332 e. The van der Waals surface area contributed by atoms with Gasteiger partial charge in [-0.1, -0.05) is 6.92 Å². The van der Waals surface area contributed by atoms with Crippen molar-refractivity contribution >= 4 is 11.9 Å². The Hall–Kier alpha value is -1.14. The van der Waals surface area contributed by atoms with Crippen molar-refractivity contribution in [2.24, 2.45) is 11.7 Å². The van der Waals surface area contributed by atoms with E-state index in [1.165, 1.54) is 0 Å². The number of nitrogens with two attached hydrogens (primary N) is 1. The quantitative estimate of drug-likeness (QED) is 0.601. The molecule has 3 unspecified atom stereocenters. The van der Waals surface area contributed by atoms with Gasteiger partial charge in [-0.25, -0.2) is 4.79 Å². The lowest BCUT2D eigenvalue weighted by molar-refractivity contribution is -0.149. The predicted octanol–water partition coefficient (Wildman–Crippen LogP) is 0.110. The molecule has 0 bridgehead atoms. The van der Waals surface area contributed by atoms with Gasteiger partial charge in [-0.05, 0) is 31.7 Å². The second-order valence-corrected chi connectivity index (χ2v) is 4.85. The lowest BCUT2D eigenvalue weighted by Crippen LogP contribution is -2.33. The Morgan fingerprint density at radius 1 is 1.50 bits per heavy atom. The van der Waals surface area contributed by atoms with E-state index in [1.807, 2.05) is 6.92 Å². The zero-order valence-corrected chi connectivity index (χ0v) is 10.7. The van der Waals surface area contributed by atoms with E-state index in [9.17, 15) is 9.59 Å². The Labute approximate surface area is 107 Å². The highest BCUT2D eigenvalue weighted by atomic mass is 16.5. The van der Waals surface area contributed by atoms with E-state index in [4.69, 9.17) is 15.6 Å². The summed E-state index contributed by atoms with van der Waals surface area (Å²) in [5.74, 6) is -0.617. The van der Waals surface area contributed by atoms with Gasteiger partial charge in [-0.3, -0.25) is 4.79 Å². The van der Waals surface area contributed by atoms with E-state index in [-0.39, 0.29) is 12.0 Å². The van der Waals surface area contributed by atoms with Crippen LogP contribution in [0.25, 0.3) is 0 Å². The number of amides is 1. The molecule has 1 rings (SSSR count). The van der Waals surface area contributed by atoms with Crippen molar-refractivity contribution in [3.05, 3.63) is 0 Å². The Morgan fingerprint density at radius 2 is 2.22 bits per heavy atom. The maximum Gasteiger partial charge on any atom is 0.332 e. The van der Waals surface area contributed by atoms with Crippen molar-refractivity contribution in [1.82, 2.24) is 5.32 Å². The average molecular weight is 258 g/mol. The van der Waals surface area contributed by atoms with Crippen LogP contribution >= 0.6 is 0 Å². The summed E-state index contributed by atoms with van der Waals surface area (Å²) >= 11 is 0. The monoisotopic (exact) mass is 258 g/mol. The fraction of sp³-hybridized carbons (Fsp3) is 0.833. The van der Waals surface area contributed by atoms with Gasteiger partial charge >= 0.3 is 5.97 Å². The first-order chi connectivity index (χ1) is 8.52. The maximum absolute atomic E-state index is 11.5. The fourth-order valence-electron chi connectivity index (χ4n) is 1.85. The van der Waals surface area contributed by atoms with Crippen LogP contribution in [0.4, 0.5) is 0 Å². The van der Waals surface area contributed by atoms with Crippen molar-refractivity contribution in [2.45, 2.75) is 44.8 Å². The molecule has 0 spiro atoms. The summed E-state index contributed by atoms with van der Waals surface area (Å²) in [4.78, 5) is 22.2. The van der Waals surface area contributed by atoms with Gasteiger partial charge in [-0.15, -0.1) is 0 Å². The summed E-state index contributed by atoms with van der Waals surface area (Å²) in [5.41, 5.74) is 5.47. The average Bonchev–Trinajstić information content (AvgIpc) is 2.82. The standard InChI is InChI=1S/C12H22N2O4/c1-8(6-13)2-5-11(15)14-7-9-3-4-10(18-9)12(16)17/h8-10H,2-7,13H2,1H3,(H,14,15)(H,16,17). The predicted molar refractivity (Wildman–Crippen MR) is 66.0 cm³/mol. The van der Waals surface area contributed by atoms with Crippen LogP contribution in [-0.2, 0) is 14.3 Å². The van der Waals surface area contributed by atoms with Gasteiger partial charge in [0.2, 0.25) is 5.91 Å². The minimum Gasteiger partial charge on any atom is -0.479 e. The number of carbonyl (C=O) groups is 2. The summed E-state index contributed by atoms with van der Waals surface area (Å²) in [7, 11) is 0. The van der Waals surface area contributed by atoms with Crippen molar-refractivity contribution in [1.29, 1.82) is 0 Å². The third-order valence-electron chi connectivity index (χ3n) is 3.18. The zero-order valence-electron chi connectivity index (χ0n) is 10.7. The first kappa shape index (κ1) is 14.9. The van der Waals surface area contributed by atoms with Crippen LogP contribution in [0.3, 0.4) is 0 Å². The number of carboxylic acid groups (broad SMARTS) is 1. The van der Waals surface area contributed by atoms with Crippen LogP contribution in [0, 0.1) is 5.92 Å². The molecule has 0 aromatic heterocycles. The normalized spacial score (nSPS) is 24.8. The highest BCUT2D eigenvalue weighted by Gasteiger charge is 2.30. The largest absolute Gasteiger partial charge is 0.479 e. The molecule has 1 saturated heterocycles. The van der Waals surface area contributed by atoms with Crippen LogP contribution in [0.1, 0.15) is 32.6 Å². The highest BCUT2D eigenvalue weighted by molar-refractivity contribution is 5.76. The molecule has 1 amide bonds. The molecule has 1 heterocycles. The molecule has 1 aliphatic rings. The van der Waals surface area contributed by atoms with Crippen LogP contribution < -0.4 is 11.1 Å². The van der Waals surface area contributed by atoms with Gasteiger partial charge in [0.1, 0.15) is 0 Å². The van der Waals surface area contributed by atoms with Crippen LogP contribution in [-0.4, -0.2) is 42.3 Å². The number of nitrogens with one attached hydrogen (secondary N) is 1. The summed E-state index contributed by atoms with van der Waals surface area (Å²) < 4.78 is 5.29. The molecule has 0 radical (unpaired) electrons. The molecule has 6 nitrogen and oxygen atoms in total. The molecule has 6 heteroatoms. The van der Waals surface area contributed by atoms with Gasteiger partial charge in [0.25, 0.3) is 0 Å². The summed E-state index contributed by atoms with van der Waals surface area (Å²) in [6, 6.07) is 0. The SMILES string of the molecule is CC(CN)CCC(=O)NCC1CCC(C(=O)O)O1. The molecular formula is C12H22N2O4. The minimum atomic E-state index is -0.930. The van der Waals surface area contributed by atoms with E-state index >= 15 is 0 Å². The van der Waals surface area contributed by atoms with Gasteiger partial charge in [-0.2, -0.15) is 0 Å². The lowest BCUT2D eigenvalue weighted by atomic mass is 10.1. The van der Waals surface area contributed by atoms with Crippen molar-refractivity contribution in [3.8, 4) is 0 Å². The summed E-state index contributed by atoms with van der Waals surface area (Å²) in [5, 5.41) is 11.5. The third kappa shape index (κ3) is 5.01. The molecule has 4 N–H and O–H groups in total. The first-order valence-corrected chi connectivity index (χ1v) is 6.38. The second-order valence-electron chi connectivity index (χ2n) is 4.85. The Kier molecular flexibility index (Phi) is 6.07. The van der Waals surface area contributed by atoms with E-state index in [0.717, 1.165) is 6.42 Å². The van der Waals surface area contributed by atoms with Crippen molar-refractivity contribution < 1.29 is 19.4 Å². The lowest BCUT2D eigenvalue weighted by Gasteiger charge is -2.13. The fourth-order valence-corrected chi connectivity index (χ4v) is 1.85. The molecule has 0 aromatic carbocycles. The van der Waals surface area contributed by atoms with Gasteiger partial charge < -0.3 is 20.9 Å². The number of carbonyl (C=O) groups excluding carboxylic acids is 1. The van der Waals surface area contributed by atoms with Gasteiger partial charge in [0, 0.05) is 13.0 Å². The van der Waals surface area contributed by atoms with E-state index in [0.29, 0.717) is 38.3 Å². The molecular weight excluding hydrogens is 236 g/mol. The molecule has 0 saturated carbocycles. The molecule has 0 aromatic rings. The number of hydrogen-bond donors (Lipinski definition) is 3. The number of ether oxygens (including phenoxy) is 1. The minimum absolute atomic E-state index is 0.0299. The van der Waals surface area contributed by atoms with E-state index < -0.39 is 12.1 Å². The van der Waals surface area contributed by atoms with Crippen molar-refractivity contribution in [3.63, 3.8) is 0 Å². The first-order valence-electron chi connectivity index (χ1n) is 6.38. The van der Waals surface area contributed by atoms with Crippen LogP contribution in [0.2, 0.25) is 0 Å². The second kappa shape index (κ2) is 7.33. The van der Waals surface area contributed by atoms with Gasteiger partial charge in [0.05, 0.1) is 6.10 Å². The maximum atomic E-state index is 11.5. The number of hydrogen-bond acceptors (Lipinski definition) is 4. The highest BCUT2D eigenvalue weighted by Crippen LogP contribution is 2.19. The summed E-state index contributed by atoms with van der Waals surface area (Å²) in [6.07, 6.45) is 1.52. The zero-order chi connectivity index (χ0) is 13.5. The van der Waals surface area contributed by atoms with Gasteiger partial charge in [0.15, 0.2) is 6.10 Å². The Bertz CT molecular complexity index is 296. The van der Waals surface area contributed by atoms with Crippen LogP contribution in [0.5, 0.6) is 0 Å². The Morgan fingerprint density at radius 3 is 2.78 bits per heavy atom. The van der Waals surface area contributed by atoms with Crippen LogP contribution in [0.15, 0.2) is 0 Å². The van der Waals surface area contributed by atoms with E-state index in [2.05, 4.69) is 5.32 Å². The number of carboxylic acids is 1. The number of aliphatic carboxylic acids is 1. The molecule has 3 atom stereocenters. The topological polar surface area (TPSA) is 102 Å². The van der Waals surface area contributed by atoms with E-state index in [1.54, 1.807) is 0 Å². The molecule has 1 fully saturated rings. The summed E-state index contributed by atoms with van der Waals surface area (Å²) in [6.45, 7) is 2.98. The number of rotatable bonds is 7. The molecule has 0 aliphatic carbocycles.